The molecule has 6 nitrogen and oxygen atoms in total. The van der Waals surface area contributed by atoms with Gasteiger partial charge in [-0.3, -0.25) is 14.7 Å². The second-order valence-corrected chi connectivity index (χ2v) is 6.74. The van der Waals surface area contributed by atoms with Gasteiger partial charge in [0.05, 0.1) is 13.2 Å². The maximum atomic E-state index is 12.5. The number of aromatic nitrogens is 1. The largest absolute Gasteiger partial charge is 0.396 e. The number of hydrogen-bond donors (Lipinski definition) is 1. The van der Waals surface area contributed by atoms with E-state index in [1.807, 2.05) is 23.1 Å². The molecule has 6 heteroatoms. The average Bonchev–Trinajstić information content (AvgIpc) is 3.04. The lowest BCUT2D eigenvalue weighted by Gasteiger charge is -2.30. The Morgan fingerprint density at radius 2 is 2.04 bits per heavy atom. The molecular formula is C18H27N3O3. The van der Waals surface area contributed by atoms with Gasteiger partial charge >= 0.3 is 0 Å². The Kier molecular flexibility index (Phi) is 6.18. The molecule has 0 aliphatic carbocycles. The van der Waals surface area contributed by atoms with Crippen LogP contribution in [-0.2, 0) is 16.0 Å². The van der Waals surface area contributed by atoms with Crippen LogP contribution < -0.4 is 0 Å². The first-order chi connectivity index (χ1) is 11.8. The van der Waals surface area contributed by atoms with Crippen molar-refractivity contribution in [2.45, 2.75) is 12.8 Å². The Morgan fingerprint density at radius 1 is 1.25 bits per heavy atom. The summed E-state index contributed by atoms with van der Waals surface area (Å²) in [5.74, 6) is 0.710. The number of hydrogen-bond acceptors (Lipinski definition) is 5. The van der Waals surface area contributed by atoms with Crippen molar-refractivity contribution in [2.75, 3.05) is 52.5 Å². The van der Waals surface area contributed by atoms with Gasteiger partial charge in [-0.1, -0.05) is 6.07 Å². The lowest BCUT2D eigenvalue weighted by Crippen LogP contribution is -2.41. The van der Waals surface area contributed by atoms with Crippen LogP contribution in [0, 0.1) is 11.8 Å². The van der Waals surface area contributed by atoms with E-state index < -0.39 is 0 Å². The second kappa shape index (κ2) is 8.55. The monoisotopic (exact) mass is 333 g/mol. The summed E-state index contributed by atoms with van der Waals surface area (Å²) < 4.78 is 5.39. The van der Waals surface area contributed by atoms with Crippen LogP contribution in [0.15, 0.2) is 24.4 Å². The van der Waals surface area contributed by atoms with Crippen LogP contribution in [0.1, 0.15) is 12.1 Å². The van der Waals surface area contributed by atoms with E-state index >= 15 is 0 Å². The van der Waals surface area contributed by atoms with Gasteiger partial charge in [0.1, 0.15) is 0 Å². The van der Waals surface area contributed by atoms with Crippen molar-refractivity contribution in [2.24, 2.45) is 11.8 Å². The first-order valence-corrected chi connectivity index (χ1v) is 8.85. The Balaban J connectivity index is 1.50. The molecule has 1 N–H and O–H groups in total. The molecule has 2 aliphatic rings. The molecule has 0 unspecified atom stereocenters. The van der Waals surface area contributed by atoms with Gasteiger partial charge in [-0.15, -0.1) is 0 Å². The standard InChI is InChI=1S/C18H27N3O3/c22-14-16-13-21(12-15(16)11-20-7-9-24-10-8-20)18(23)5-4-17-3-1-2-6-19-17/h1-3,6,15-16,22H,4-5,7-14H2/t15-,16-/m0/s1. The van der Waals surface area contributed by atoms with Crippen LogP contribution in [0.25, 0.3) is 0 Å². The van der Waals surface area contributed by atoms with E-state index in [9.17, 15) is 9.90 Å². The van der Waals surface area contributed by atoms with Crippen molar-refractivity contribution in [3.05, 3.63) is 30.1 Å². The average molecular weight is 333 g/mol. The molecule has 2 atom stereocenters. The fraction of sp³-hybridized carbons (Fsp3) is 0.667. The van der Waals surface area contributed by atoms with Crippen LogP contribution in [0.5, 0.6) is 0 Å². The van der Waals surface area contributed by atoms with Crippen molar-refractivity contribution >= 4 is 5.91 Å². The quantitative estimate of drug-likeness (QED) is 0.817. The number of morpholine rings is 1. The molecule has 0 bridgehead atoms. The molecule has 0 radical (unpaired) electrons. The first kappa shape index (κ1) is 17.3. The van der Waals surface area contributed by atoms with Crippen molar-refractivity contribution < 1.29 is 14.6 Å². The number of nitrogens with zero attached hydrogens (tertiary/aromatic N) is 3. The predicted octanol–water partition coefficient (Wildman–Crippen LogP) is 0.413. The Morgan fingerprint density at radius 3 is 2.75 bits per heavy atom. The summed E-state index contributed by atoms with van der Waals surface area (Å²) in [6.45, 7) is 5.98. The predicted molar refractivity (Wildman–Crippen MR) is 90.5 cm³/mol. The molecule has 1 aromatic heterocycles. The number of aliphatic hydroxyl groups excluding tert-OH is 1. The molecule has 2 fully saturated rings. The molecule has 24 heavy (non-hydrogen) atoms. The number of aryl methyl sites for hydroxylation is 1. The van der Waals surface area contributed by atoms with Crippen molar-refractivity contribution in [1.29, 1.82) is 0 Å². The van der Waals surface area contributed by atoms with Crippen molar-refractivity contribution in [3.8, 4) is 0 Å². The van der Waals surface area contributed by atoms with E-state index in [2.05, 4.69) is 9.88 Å². The lowest BCUT2D eigenvalue weighted by molar-refractivity contribution is -0.130. The highest BCUT2D eigenvalue weighted by molar-refractivity contribution is 5.76. The normalized spacial score (nSPS) is 25.1. The molecule has 132 valence electrons. The van der Waals surface area contributed by atoms with E-state index in [0.29, 0.717) is 25.3 Å². The molecule has 1 amide bonds. The zero-order valence-corrected chi connectivity index (χ0v) is 14.1. The third kappa shape index (κ3) is 4.53. The van der Waals surface area contributed by atoms with Gasteiger partial charge in [0.2, 0.25) is 5.91 Å². The summed E-state index contributed by atoms with van der Waals surface area (Å²) in [4.78, 5) is 21.1. The Labute approximate surface area is 143 Å². The molecule has 0 spiro atoms. The number of carbonyl (C=O) groups is 1. The summed E-state index contributed by atoms with van der Waals surface area (Å²) >= 11 is 0. The number of aliphatic hydroxyl groups is 1. The van der Waals surface area contributed by atoms with Gasteiger partial charge in [0.25, 0.3) is 0 Å². The summed E-state index contributed by atoms with van der Waals surface area (Å²) in [5, 5.41) is 9.68. The summed E-state index contributed by atoms with van der Waals surface area (Å²) in [6, 6.07) is 5.78. The molecule has 0 saturated carbocycles. The molecule has 2 aliphatic heterocycles. The van der Waals surface area contributed by atoms with E-state index in [1.54, 1.807) is 6.20 Å². The van der Waals surface area contributed by atoms with Gasteiger partial charge < -0.3 is 14.7 Å². The minimum Gasteiger partial charge on any atom is -0.396 e. The number of rotatable bonds is 6. The lowest BCUT2D eigenvalue weighted by atomic mass is 9.96. The highest BCUT2D eigenvalue weighted by Crippen LogP contribution is 2.25. The van der Waals surface area contributed by atoms with Crippen molar-refractivity contribution in [1.82, 2.24) is 14.8 Å². The number of amides is 1. The second-order valence-electron chi connectivity index (χ2n) is 6.74. The van der Waals surface area contributed by atoms with Crippen LogP contribution in [0.2, 0.25) is 0 Å². The highest BCUT2D eigenvalue weighted by Gasteiger charge is 2.35. The van der Waals surface area contributed by atoms with E-state index in [1.165, 1.54) is 0 Å². The zero-order valence-electron chi connectivity index (χ0n) is 14.1. The maximum Gasteiger partial charge on any atom is 0.222 e. The van der Waals surface area contributed by atoms with Gasteiger partial charge in [-0.25, -0.2) is 0 Å². The number of likely N-dealkylation sites (tertiary alicyclic amines) is 1. The summed E-state index contributed by atoms with van der Waals surface area (Å²) in [5.41, 5.74) is 0.952. The van der Waals surface area contributed by atoms with Gasteiger partial charge in [0.15, 0.2) is 0 Å². The fourth-order valence-corrected chi connectivity index (χ4v) is 3.61. The van der Waals surface area contributed by atoms with Crippen LogP contribution in [0.4, 0.5) is 0 Å². The minimum absolute atomic E-state index is 0.152. The summed E-state index contributed by atoms with van der Waals surface area (Å²) in [7, 11) is 0. The molecular weight excluding hydrogens is 306 g/mol. The van der Waals surface area contributed by atoms with Gasteiger partial charge in [-0.05, 0) is 24.5 Å². The van der Waals surface area contributed by atoms with Crippen molar-refractivity contribution in [3.63, 3.8) is 0 Å². The minimum atomic E-state index is 0.152. The highest BCUT2D eigenvalue weighted by atomic mass is 16.5. The Hall–Kier alpha value is -1.50. The molecule has 0 aromatic carbocycles. The smallest absolute Gasteiger partial charge is 0.222 e. The molecule has 1 aromatic rings. The Bertz CT molecular complexity index is 520. The molecule has 3 heterocycles. The number of ether oxygens (including phenoxy) is 1. The van der Waals surface area contributed by atoms with Crippen LogP contribution >= 0.6 is 0 Å². The summed E-state index contributed by atoms with van der Waals surface area (Å²) in [6.07, 6.45) is 2.92. The first-order valence-electron chi connectivity index (χ1n) is 8.85. The number of pyridine rings is 1. The third-order valence-corrected chi connectivity index (χ3v) is 5.08. The van der Waals surface area contributed by atoms with E-state index in [4.69, 9.17) is 4.74 Å². The molecule has 2 saturated heterocycles. The van der Waals surface area contributed by atoms with Gasteiger partial charge in [0, 0.05) is 63.6 Å². The maximum absolute atomic E-state index is 12.5. The van der Waals surface area contributed by atoms with E-state index in [0.717, 1.165) is 45.1 Å². The number of carbonyl (C=O) groups excluding carboxylic acids is 1. The van der Waals surface area contributed by atoms with Crippen LogP contribution in [0.3, 0.4) is 0 Å². The fourth-order valence-electron chi connectivity index (χ4n) is 3.61. The third-order valence-electron chi connectivity index (χ3n) is 5.08. The SMILES string of the molecule is O=C(CCc1ccccn1)N1C[C@@H](CO)[C@@H](CN2CCOCC2)C1. The van der Waals surface area contributed by atoms with Gasteiger partial charge in [-0.2, -0.15) is 0 Å². The van der Waals surface area contributed by atoms with E-state index in [-0.39, 0.29) is 18.4 Å². The topological polar surface area (TPSA) is 65.9 Å². The van der Waals surface area contributed by atoms with Crippen LogP contribution in [-0.4, -0.2) is 78.3 Å². The zero-order chi connectivity index (χ0) is 16.8. The molecule has 3 rings (SSSR count).